The minimum atomic E-state index is 0.503. The Balaban J connectivity index is 1.76. The summed E-state index contributed by atoms with van der Waals surface area (Å²) >= 11 is 6.30. The molecule has 0 spiro atoms. The van der Waals surface area contributed by atoms with Crippen molar-refractivity contribution in [1.82, 2.24) is 0 Å². The molecule has 0 heterocycles. The highest BCUT2D eigenvalue weighted by Gasteiger charge is 2.24. The number of rotatable bonds is 11. The van der Waals surface area contributed by atoms with Crippen molar-refractivity contribution in [3.63, 3.8) is 0 Å². The molecule has 0 saturated heterocycles. The van der Waals surface area contributed by atoms with Gasteiger partial charge in [-0.1, -0.05) is 77.6 Å². The second kappa shape index (κ2) is 11.1. The summed E-state index contributed by atoms with van der Waals surface area (Å²) in [7, 11) is 0. The van der Waals surface area contributed by atoms with E-state index in [2.05, 4.69) is 6.92 Å². The van der Waals surface area contributed by atoms with Gasteiger partial charge in [-0.25, -0.2) is 0 Å². The third-order valence-electron chi connectivity index (χ3n) is 4.49. The maximum atomic E-state index is 6.30. The van der Waals surface area contributed by atoms with Gasteiger partial charge in [-0.2, -0.15) is 0 Å². The van der Waals surface area contributed by atoms with Crippen molar-refractivity contribution in [2.24, 2.45) is 5.92 Å². The van der Waals surface area contributed by atoms with Crippen molar-refractivity contribution in [2.45, 2.75) is 102 Å². The van der Waals surface area contributed by atoms with Crippen LogP contribution in [-0.4, -0.2) is 5.38 Å². The summed E-state index contributed by atoms with van der Waals surface area (Å²) in [4.78, 5) is 0. The first-order chi connectivity index (χ1) is 8.84. The van der Waals surface area contributed by atoms with Gasteiger partial charge in [-0.3, -0.25) is 0 Å². The molecule has 0 aromatic heterocycles. The third-order valence-corrected chi connectivity index (χ3v) is 5.07. The maximum Gasteiger partial charge on any atom is 0.0364 e. The van der Waals surface area contributed by atoms with Crippen molar-refractivity contribution in [3.8, 4) is 0 Å². The first kappa shape index (κ1) is 16.3. The summed E-state index contributed by atoms with van der Waals surface area (Å²) in [6, 6.07) is 0. The molecule has 2 atom stereocenters. The van der Waals surface area contributed by atoms with E-state index in [1.807, 2.05) is 0 Å². The van der Waals surface area contributed by atoms with Gasteiger partial charge in [0.25, 0.3) is 0 Å². The summed E-state index contributed by atoms with van der Waals surface area (Å²) in [5.74, 6) is 0.848. The van der Waals surface area contributed by atoms with Gasteiger partial charge in [0.1, 0.15) is 0 Å². The van der Waals surface area contributed by atoms with E-state index in [0.717, 1.165) is 5.92 Å². The van der Waals surface area contributed by atoms with Gasteiger partial charge in [-0.15, -0.1) is 11.6 Å². The lowest BCUT2D eigenvalue weighted by Crippen LogP contribution is -2.06. The van der Waals surface area contributed by atoms with Crippen LogP contribution in [0.15, 0.2) is 0 Å². The third kappa shape index (κ3) is 7.67. The molecule has 1 aliphatic rings. The minimum absolute atomic E-state index is 0.503. The second-order valence-corrected chi connectivity index (χ2v) is 6.74. The molecule has 1 saturated carbocycles. The molecule has 0 radical (unpaired) electrons. The van der Waals surface area contributed by atoms with Crippen LogP contribution in [0.3, 0.4) is 0 Å². The van der Waals surface area contributed by atoms with Crippen molar-refractivity contribution in [2.75, 3.05) is 0 Å². The molecular formula is C17H33Cl. The topological polar surface area (TPSA) is 0 Å². The summed E-state index contributed by atoms with van der Waals surface area (Å²) in [5, 5.41) is 0.503. The zero-order valence-corrected chi connectivity index (χ0v) is 13.2. The van der Waals surface area contributed by atoms with Crippen LogP contribution in [0.25, 0.3) is 0 Å². The lowest BCUT2D eigenvalue weighted by atomic mass is 9.98. The Morgan fingerprint density at radius 2 is 1.33 bits per heavy atom. The van der Waals surface area contributed by atoms with Crippen LogP contribution in [0.1, 0.15) is 96.8 Å². The molecule has 2 unspecified atom stereocenters. The van der Waals surface area contributed by atoms with E-state index in [-0.39, 0.29) is 0 Å². The quantitative estimate of drug-likeness (QED) is 0.290. The summed E-state index contributed by atoms with van der Waals surface area (Å²) in [6.07, 6.45) is 19.8. The number of hydrogen-bond donors (Lipinski definition) is 0. The molecule has 0 bridgehead atoms. The van der Waals surface area contributed by atoms with Crippen LogP contribution in [0, 0.1) is 5.92 Å². The first-order valence-electron chi connectivity index (χ1n) is 8.48. The molecule has 0 amide bonds. The molecule has 1 heteroatoms. The molecule has 0 nitrogen and oxygen atoms in total. The Labute approximate surface area is 120 Å². The van der Waals surface area contributed by atoms with E-state index < -0.39 is 0 Å². The molecule has 0 N–H and O–H groups in total. The molecule has 1 aliphatic carbocycles. The van der Waals surface area contributed by atoms with Crippen molar-refractivity contribution in [1.29, 1.82) is 0 Å². The van der Waals surface area contributed by atoms with Crippen molar-refractivity contribution >= 4 is 11.6 Å². The highest BCUT2D eigenvalue weighted by molar-refractivity contribution is 6.20. The van der Waals surface area contributed by atoms with Crippen LogP contribution in [0.4, 0.5) is 0 Å². The number of halogens is 1. The maximum absolute atomic E-state index is 6.30. The number of alkyl halides is 1. The highest BCUT2D eigenvalue weighted by Crippen LogP contribution is 2.33. The molecule has 0 aromatic carbocycles. The SMILES string of the molecule is CCCCCCCCCCCCC1CCCC1Cl. The van der Waals surface area contributed by atoms with E-state index >= 15 is 0 Å². The molecular weight excluding hydrogens is 240 g/mol. The largest absolute Gasteiger partial charge is 0.123 e. The van der Waals surface area contributed by atoms with Gasteiger partial charge in [0.15, 0.2) is 0 Å². The molecule has 18 heavy (non-hydrogen) atoms. The monoisotopic (exact) mass is 272 g/mol. The van der Waals surface area contributed by atoms with Crippen molar-refractivity contribution in [3.05, 3.63) is 0 Å². The lowest BCUT2D eigenvalue weighted by Gasteiger charge is -2.12. The van der Waals surface area contributed by atoms with Gasteiger partial charge in [-0.05, 0) is 25.2 Å². The van der Waals surface area contributed by atoms with Crippen LogP contribution in [0.5, 0.6) is 0 Å². The predicted molar refractivity (Wildman–Crippen MR) is 83.4 cm³/mol. The predicted octanol–water partition coefficient (Wildman–Crippen LogP) is 6.70. The Bertz CT molecular complexity index is 178. The Morgan fingerprint density at radius 3 is 1.83 bits per heavy atom. The smallest absolute Gasteiger partial charge is 0.0364 e. The van der Waals surface area contributed by atoms with Gasteiger partial charge in [0.2, 0.25) is 0 Å². The van der Waals surface area contributed by atoms with Crippen LogP contribution >= 0.6 is 11.6 Å². The van der Waals surface area contributed by atoms with Gasteiger partial charge in [0, 0.05) is 5.38 Å². The van der Waals surface area contributed by atoms with Crippen LogP contribution in [-0.2, 0) is 0 Å². The minimum Gasteiger partial charge on any atom is -0.123 e. The fourth-order valence-corrected chi connectivity index (χ4v) is 3.62. The van der Waals surface area contributed by atoms with Gasteiger partial charge in [0.05, 0.1) is 0 Å². The Hall–Kier alpha value is 0.290. The van der Waals surface area contributed by atoms with E-state index in [1.54, 1.807) is 0 Å². The average Bonchev–Trinajstić information content (AvgIpc) is 2.77. The molecule has 108 valence electrons. The van der Waals surface area contributed by atoms with E-state index in [9.17, 15) is 0 Å². The lowest BCUT2D eigenvalue weighted by molar-refractivity contribution is 0.464. The molecule has 0 aliphatic heterocycles. The van der Waals surface area contributed by atoms with Crippen LogP contribution in [0.2, 0.25) is 0 Å². The summed E-state index contributed by atoms with van der Waals surface area (Å²) in [5.41, 5.74) is 0. The standard InChI is InChI=1S/C17H33Cl/c1-2-3-4-5-6-7-8-9-10-11-13-16-14-12-15-17(16)18/h16-17H,2-15H2,1H3. The van der Waals surface area contributed by atoms with Crippen LogP contribution < -0.4 is 0 Å². The number of hydrogen-bond acceptors (Lipinski definition) is 0. The molecule has 1 fully saturated rings. The molecule has 1 rings (SSSR count). The second-order valence-electron chi connectivity index (χ2n) is 6.18. The fraction of sp³-hybridized carbons (Fsp3) is 1.00. The van der Waals surface area contributed by atoms with Crippen molar-refractivity contribution < 1.29 is 0 Å². The summed E-state index contributed by atoms with van der Waals surface area (Å²) < 4.78 is 0. The van der Waals surface area contributed by atoms with Gasteiger partial charge >= 0.3 is 0 Å². The normalized spacial score (nSPS) is 23.7. The van der Waals surface area contributed by atoms with E-state index in [0.29, 0.717) is 5.38 Å². The van der Waals surface area contributed by atoms with Gasteiger partial charge < -0.3 is 0 Å². The fourth-order valence-electron chi connectivity index (χ4n) is 3.21. The average molecular weight is 273 g/mol. The zero-order chi connectivity index (χ0) is 13.1. The Kier molecular flexibility index (Phi) is 10.1. The van der Waals surface area contributed by atoms with E-state index in [4.69, 9.17) is 11.6 Å². The Morgan fingerprint density at radius 1 is 0.778 bits per heavy atom. The van der Waals surface area contributed by atoms with E-state index in [1.165, 1.54) is 89.9 Å². The molecule has 0 aromatic rings. The highest BCUT2D eigenvalue weighted by atomic mass is 35.5. The summed E-state index contributed by atoms with van der Waals surface area (Å²) in [6.45, 7) is 2.29. The zero-order valence-electron chi connectivity index (χ0n) is 12.4. The first-order valence-corrected chi connectivity index (χ1v) is 8.92. The number of unbranched alkanes of at least 4 members (excludes halogenated alkanes) is 9.